The standard InChI is InChI=1S/C13H17NO3/c1-2-6-12(7-3-1)15-10-13-8-4-5-9-14(13)17-11-16-13/h1-3,6-7H,4-5,8-11H2. The van der Waals surface area contributed by atoms with E-state index in [-0.39, 0.29) is 5.72 Å². The normalized spacial score (nSPS) is 28.9. The number of ether oxygens (including phenoxy) is 2. The fraction of sp³-hybridized carbons (Fsp3) is 0.538. The average Bonchev–Trinajstić information content (AvgIpc) is 2.82. The molecule has 4 nitrogen and oxygen atoms in total. The summed E-state index contributed by atoms with van der Waals surface area (Å²) in [5.41, 5.74) is -0.367. The van der Waals surface area contributed by atoms with Gasteiger partial charge in [-0.25, -0.2) is 0 Å². The number of rotatable bonds is 3. The third kappa shape index (κ3) is 2.16. The number of para-hydroxylation sites is 1. The van der Waals surface area contributed by atoms with Crippen LogP contribution < -0.4 is 4.74 Å². The lowest BCUT2D eigenvalue weighted by atomic mass is 10.0. The SMILES string of the molecule is c1ccc(OCC23CCCCN2OCO3)cc1. The van der Waals surface area contributed by atoms with Crippen LogP contribution in [0.2, 0.25) is 0 Å². The lowest BCUT2D eigenvalue weighted by Crippen LogP contribution is -2.51. The third-order valence-corrected chi connectivity index (χ3v) is 3.38. The van der Waals surface area contributed by atoms with Gasteiger partial charge in [0.2, 0.25) is 0 Å². The first-order valence-electron chi connectivity index (χ1n) is 6.11. The first-order chi connectivity index (χ1) is 8.39. The monoisotopic (exact) mass is 235 g/mol. The fourth-order valence-corrected chi connectivity index (χ4v) is 2.41. The molecule has 1 aromatic carbocycles. The van der Waals surface area contributed by atoms with Crippen LogP contribution >= 0.6 is 0 Å². The molecule has 0 saturated carbocycles. The summed E-state index contributed by atoms with van der Waals surface area (Å²) in [5.74, 6) is 0.878. The van der Waals surface area contributed by atoms with E-state index in [1.165, 1.54) is 0 Å². The van der Waals surface area contributed by atoms with Gasteiger partial charge in [0.05, 0.1) is 0 Å². The van der Waals surface area contributed by atoms with Gasteiger partial charge in [-0.3, -0.25) is 4.84 Å². The molecule has 0 aliphatic carbocycles. The van der Waals surface area contributed by atoms with E-state index in [9.17, 15) is 0 Å². The van der Waals surface area contributed by atoms with E-state index in [2.05, 4.69) is 0 Å². The number of hydrogen-bond acceptors (Lipinski definition) is 4. The first-order valence-corrected chi connectivity index (χ1v) is 6.11. The summed E-state index contributed by atoms with van der Waals surface area (Å²) in [6.07, 6.45) is 3.30. The Morgan fingerprint density at radius 3 is 3.00 bits per heavy atom. The molecule has 1 aromatic rings. The van der Waals surface area contributed by atoms with Crippen LogP contribution in [0.5, 0.6) is 5.75 Å². The maximum Gasteiger partial charge on any atom is 0.180 e. The summed E-state index contributed by atoms with van der Waals surface area (Å²) in [5, 5.41) is 1.94. The van der Waals surface area contributed by atoms with Gasteiger partial charge in [0.25, 0.3) is 0 Å². The van der Waals surface area contributed by atoms with Gasteiger partial charge < -0.3 is 9.47 Å². The van der Waals surface area contributed by atoms with Crippen LogP contribution in [0.3, 0.4) is 0 Å². The zero-order chi connectivity index (χ0) is 11.6. The number of nitrogens with zero attached hydrogens (tertiary/aromatic N) is 1. The maximum atomic E-state index is 5.80. The van der Waals surface area contributed by atoms with E-state index in [0.717, 1.165) is 31.6 Å². The van der Waals surface area contributed by atoms with Crippen molar-refractivity contribution in [2.24, 2.45) is 0 Å². The average molecular weight is 235 g/mol. The van der Waals surface area contributed by atoms with Crippen molar-refractivity contribution in [2.75, 3.05) is 19.9 Å². The molecule has 0 spiro atoms. The topological polar surface area (TPSA) is 30.9 Å². The van der Waals surface area contributed by atoms with Crippen molar-refractivity contribution in [3.63, 3.8) is 0 Å². The van der Waals surface area contributed by atoms with Crippen molar-refractivity contribution >= 4 is 0 Å². The Hall–Kier alpha value is -1.10. The molecule has 0 aromatic heterocycles. The zero-order valence-corrected chi connectivity index (χ0v) is 9.80. The summed E-state index contributed by atoms with van der Waals surface area (Å²) in [6, 6.07) is 9.84. The third-order valence-electron chi connectivity index (χ3n) is 3.38. The van der Waals surface area contributed by atoms with Crippen LogP contribution in [0, 0.1) is 0 Å². The van der Waals surface area contributed by atoms with Crippen LogP contribution in [0.25, 0.3) is 0 Å². The van der Waals surface area contributed by atoms with Gasteiger partial charge >= 0.3 is 0 Å². The molecule has 2 saturated heterocycles. The van der Waals surface area contributed by atoms with Crippen molar-refractivity contribution in [1.29, 1.82) is 0 Å². The van der Waals surface area contributed by atoms with E-state index < -0.39 is 0 Å². The molecule has 0 N–H and O–H groups in total. The van der Waals surface area contributed by atoms with E-state index in [4.69, 9.17) is 14.3 Å². The van der Waals surface area contributed by atoms with Crippen molar-refractivity contribution in [1.82, 2.24) is 5.06 Å². The minimum absolute atomic E-state index is 0.345. The molecule has 0 amide bonds. The Morgan fingerprint density at radius 2 is 2.12 bits per heavy atom. The summed E-state index contributed by atoms with van der Waals surface area (Å²) in [4.78, 5) is 5.48. The Bertz CT molecular complexity index is 370. The van der Waals surface area contributed by atoms with Gasteiger partial charge in [-0.1, -0.05) is 18.2 Å². The van der Waals surface area contributed by atoms with Crippen molar-refractivity contribution in [2.45, 2.75) is 25.0 Å². The highest BCUT2D eigenvalue weighted by atomic mass is 16.9. The minimum atomic E-state index is -0.367. The number of piperidine rings is 1. The summed E-state index contributed by atoms with van der Waals surface area (Å²) < 4.78 is 11.5. The fourth-order valence-electron chi connectivity index (χ4n) is 2.41. The van der Waals surface area contributed by atoms with Gasteiger partial charge in [-0.15, -0.1) is 0 Å². The van der Waals surface area contributed by atoms with Gasteiger partial charge in [-0.2, -0.15) is 5.06 Å². The number of benzene rings is 1. The second-order valence-electron chi connectivity index (χ2n) is 4.50. The van der Waals surface area contributed by atoms with Gasteiger partial charge in [0.15, 0.2) is 12.5 Å². The van der Waals surface area contributed by atoms with E-state index in [1.54, 1.807) is 0 Å². The molecule has 2 fully saturated rings. The molecule has 2 heterocycles. The van der Waals surface area contributed by atoms with Crippen molar-refractivity contribution in [3.8, 4) is 5.75 Å². The van der Waals surface area contributed by atoms with E-state index in [1.807, 2.05) is 35.4 Å². The van der Waals surface area contributed by atoms with Crippen LogP contribution in [0.4, 0.5) is 0 Å². The molecule has 3 rings (SSSR count). The van der Waals surface area contributed by atoms with E-state index in [0.29, 0.717) is 13.4 Å². The number of hydrogen-bond donors (Lipinski definition) is 0. The molecule has 17 heavy (non-hydrogen) atoms. The lowest BCUT2D eigenvalue weighted by molar-refractivity contribution is -0.204. The Balaban J connectivity index is 1.67. The zero-order valence-electron chi connectivity index (χ0n) is 9.80. The molecule has 92 valence electrons. The highest BCUT2D eigenvalue weighted by molar-refractivity contribution is 5.21. The molecular weight excluding hydrogens is 218 g/mol. The van der Waals surface area contributed by atoms with E-state index >= 15 is 0 Å². The molecule has 1 unspecified atom stereocenters. The number of hydroxylamine groups is 2. The quantitative estimate of drug-likeness (QED) is 0.803. The number of fused-ring (bicyclic) bond motifs is 1. The van der Waals surface area contributed by atoms with Crippen molar-refractivity contribution < 1.29 is 14.3 Å². The largest absolute Gasteiger partial charge is 0.489 e. The Kier molecular flexibility index (Phi) is 3.01. The predicted molar refractivity (Wildman–Crippen MR) is 62.3 cm³/mol. The van der Waals surface area contributed by atoms with Crippen LogP contribution in [-0.2, 0) is 9.57 Å². The van der Waals surface area contributed by atoms with Gasteiger partial charge in [0.1, 0.15) is 12.4 Å². The molecule has 0 bridgehead atoms. The molecule has 2 aliphatic heterocycles. The van der Waals surface area contributed by atoms with Crippen molar-refractivity contribution in [3.05, 3.63) is 30.3 Å². The summed E-state index contributed by atoms with van der Waals surface area (Å²) in [7, 11) is 0. The highest BCUT2D eigenvalue weighted by Crippen LogP contribution is 2.34. The van der Waals surface area contributed by atoms with Gasteiger partial charge in [0, 0.05) is 6.54 Å². The highest BCUT2D eigenvalue weighted by Gasteiger charge is 2.46. The second-order valence-corrected chi connectivity index (χ2v) is 4.50. The molecule has 1 atom stereocenters. The Labute approximate surface area is 101 Å². The second kappa shape index (κ2) is 4.64. The lowest BCUT2D eigenvalue weighted by Gasteiger charge is -2.37. The minimum Gasteiger partial charge on any atom is -0.489 e. The van der Waals surface area contributed by atoms with Gasteiger partial charge in [-0.05, 0) is 31.4 Å². The first kappa shape index (κ1) is 11.0. The summed E-state index contributed by atoms with van der Waals surface area (Å²) in [6.45, 7) is 1.80. The summed E-state index contributed by atoms with van der Waals surface area (Å²) >= 11 is 0. The molecule has 4 heteroatoms. The predicted octanol–water partition coefficient (Wildman–Crippen LogP) is 2.17. The molecule has 2 aliphatic rings. The van der Waals surface area contributed by atoms with Crippen LogP contribution in [0.1, 0.15) is 19.3 Å². The molecule has 0 radical (unpaired) electrons. The van der Waals surface area contributed by atoms with Crippen LogP contribution in [0.15, 0.2) is 30.3 Å². The molecular formula is C13H17NO3. The van der Waals surface area contributed by atoms with Crippen LogP contribution in [-0.4, -0.2) is 30.7 Å². The Morgan fingerprint density at radius 1 is 1.24 bits per heavy atom. The maximum absolute atomic E-state index is 5.80. The smallest absolute Gasteiger partial charge is 0.180 e.